The minimum Gasteiger partial charge on any atom is -0.395 e. The molecule has 0 atom stereocenters. The van der Waals surface area contributed by atoms with E-state index in [9.17, 15) is 14.9 Å². The molecule has 4 rings (SSSR count). The van der Waals surface area contributed by atoms with Crippen molar-refractivity contribution in [2.24, 2.45) is 0 Å². The Morgan fingerprint density at radius 1 is 1.07 bits per heavy atom. The number of hydrogen-bond donors (Lipinski definition) is 0. The summed E-state index contributed by atoms with van der Waals surface area (Å²) in [7, 11) is 0. The van der Waals surface area contributed by atoms with Gasteiger partial charge in [0.15, 0.2) is 5.76 Å². The summed E-state index contributed by atoms with van der Waals surface area (Å²) >= 11 is 0. The molecule has 2 saturated heterocycles. The fourth-order valence-electron chi connectivity index (χ4n) is 3.44. The zero-order valence-electron chi connectivity index (χ0n) is 16.1. The van der Waals surface area contributed by atoms with Crippen LogP contribution in [0.1, 0.15) is 16.2 Å². The highest BCUT2D eigenvalue weighted by Crippen LogP contribution is 2.21. The molecule has 0 saturated carbocycles. The number of nitrogens with zero attached hydrogens (tertiary/aromatic N) is 6. The molecule has 154 valence electrons. The third kappa shape index (κ3) is 4.14. The van der Waals surface area contributed by atoms with Crippen LogP contribution in [-0.4, -0.2) is 78.2 Å². The average Bonchev–Trinajstić information content (AvgIpc) is 3.24. The smallest absolute Gasteiger partial charge is 0.395 e. The van der Waals surface area contributed by atoms with Gasteiger partial charge in [-0.1, -0.05) is 0 Å². The monoisotopic (exact) mass is 402 g/mol. The molecule has 2 fully saturated rings. The zero-order valence-corrected chi connectivity index (χ0v) is 16.1. The summed E-state index contributed by atoms with van der Waals surface area (Å²) in [5.74, 6) is 0.726. The first-order valence-electron chi connectivity index (χ1n) is 9.48. The van der Waals surface area contributed by atoms with Crippen LogP contribution in [0, 0.1) is 17.0 Å². The van der Waals surface area contributed by atoms with Gasteiger partial charge in [0.2, 0.25) is 5.95 Å². The molecule has 0 unspecified atom stereocenters. The van der Waals surface area contributed by atoms with E-state index in [1.807, 2.05) is 17.9 Å². The third-order valence-electron chi connectivity index (χ3n) is 5.00. The van der Waals surface area contributed by atoms with Crippen LogP contribution in [0.2, 0.25) is 0 Å². The predicted molar refractivity (Wildman–Crippen MR) is 103 cm³/mol. The summed E-state index contributed by atoms with van der Waals surface area (Å²) in [5, 5.41) is 10.7. The first kappa shape index (κ1) is 19.1. The molecule has 2 aliphatic heterocycles. The number of amides is 1. The molecule has 11 nitrogen and oxygen atoms in total. The molecule has 0 bridgehead atoms. The van der Waals surface area contributed by atoms with Gasteiger partial charge in [-0.3, -0.25) is 14.9 Å². The van der Waals surface area contributed by atoms with E-state index < -0.39 is 10.8 Å². The Hall–Kier alpha value is -3.21. The maximum absolute atomic E-state index is 12.5. The summed E-state index contributed by atoms with van der Waals surface area (Å²) in [6.07, 6.45) is 0. The molecule has 29 heavy (non-hydrogen) atoms. The molecule has 0 aromatic carbocycles. The standard InChI is InChI=1S/C18H22N6O5/c1-13-12-15(21-8-10-28-11-9-21)20-18(19-13)23-6-4-22(5-7-23)17(25)14-2-3-16(29-14)24(26)27/h2-3,12H,4-11H2,1H3. The predicted octanol–water partition coefficient (Wildman–Crippen LogP) is 1.09. The number of nitro groups is 1. The molecule has 4 heterocycles. The number of aryl methyl sites for hydroxylation is 1. The highest BCUT2D eigenvalue weighted by molar-refractivity contribution is 5.92. The van der Waals surface area contributed by atoms with E-state index in [1.54, 1.807) is 4.90 Å². The van der Waals surface area contributed by atoms with Crippen LogP contribution in [0.25, 0.3) is 0 Å². The Kier molecular flexibility index (Phi) is 5.30. The quantitative estimate of drug-likeness (QED) is 0.547. The van der Waals surface area contributed by atoms with Crippen molar-refractivity contribution in [1.82, 2.24) is 14.9 Å². The van der Waals surface area contributed by atoms with Gasteiger partial charge in [0.25, 0.3) is 5.91 Å². The Morgan fingerprint density at radius 2 is 1.79 bits per heavy atom. The van der Waals surface area contributed by atoms with E-state index in [-0.39, 0.29) is 11.7 Å². The van der Waals surface area contributed by atoms with Gasteiger partial charge in [0, 0.05) is 51.0 Å². The highest BCUT2D eigenvalue weighted by atomic mass is 16.6. The molecule has 0 radical (unpaired) electrons. The number of hydrogen-bond acceptors (Lipinski definition) is 9. The van der Waals surface area contributed by atoms with Crippen molar-refractivity contribution in [3.8, 4) is 0 Å². The first-order valence-corrected chi connectivity index (χ1v) is 9.48. The second-order valence-corrected chi connectivity index (χ2v) is 6.94. The molecule has 2 aromatic heterocycles. The number of carbonyl (C=O) groups excluding carboxylic acids is 1. The second-order valence-electron chi connectivity index (χ2n) is 6.94. The van der Waals surface area contributed by atoms with E-state index in [1.165, 1.54) is 12.1 Å². The summed E-state index contributed by atoms with van der Waals surface area (Å²) in [4.78, 5) is 37.8. The Morgan fingerprint density at radius 3 is 2.45 bits per heavy atom. The number of anilines is 2. The van der Waals surface area contributed by atoms with E-state index >= 15 is 0 Å². The molecule has 0 aliphatic carbocycles. The van der Waals surface area contributed by atoms with E-state index in [2.05, 4.69) is 9.88 Å². The summed E-state index contributed by atoms with van der Waals surface area (Å²) in [5.41, 5.74) is 0.887. The number of rotatable bonds is 4. The van der Waals surface area contributed by atoms with Gasteiger partial charge >= 0.3 is 5.88 Å². The number of aromatic nitrogens is 2. The fraction of sp³-hybridized carbons (Fsp3) is 0.500. The molecule has 2 aliphatic rings. The van der Waals surface area contributed by atoms with Gasteiger partial charge in [-0.2, -0.15) is 4.98 Å². The van der Waals surface area contributed by atoms with Crippen molar-refractivity contribution < 1.29 is 18.9 Å². The van der Waals surface area contributed by atoms with Gasteiger partial charge in [-0.05, 0) is 13.0 Å². The summed E-state index contributed by atoms with van der Waals surface area (Å²) < 4.78 is 10.4. The van der Waals surface area contributed by atoms with Gasteiger partial charge in [-0.15, -0.1) is 0 Å². The number of morpholine rings is 1. The maximum Gasteiger partial charge on any atom is 0.433 e. The van der Waals surface area contributed by atoms with Crippen molar-refractivity contribution in [2.45, 2.75) is 6.92 Å². The molecule has 0 spiro atoms. The second kappa shape index (κ2) is 8.03. The van der Waals surface area contributed by atoms with Gasteiger partial charge in [0.1, 0.15) is 10.7 Å². The minimum absolute atomic E-state index is 0.0217. The molecular weight excluding hydrogens is 380 g/mol. The summed E-state index contributed by atoms with van der Waals surface area (Å²) in [6.45, 7) is 6.96. The van der Waals surface area contributed by atoms with Crippen molar-refractivity contribution in [2.75, 3.05) is 62.3 Å². The first-order chi connectivity index (χ1) is 14.0. The van der Waals surface area contributed by atoms with Crippen molar-refractivity contribution in [1.29, 1.82) is 0 Å². The van der Waals surface area contributed by atoms with Crippen LogP contribution in [-0.2, 0) is 4.74 Å². The topological polar surface area (TPSA) is 118 Å². The SMILES string of the molecule is Cc1cc(N2CCOCC2)nc(N2CCN(C(=O)c3ccc([N+](=O)[O-])o3)CC2)n1. The number of piperazine rings is 1. The van der Waals surface area contributed by atoms with Crippen molar-refractivity contribution >= 4 is 23.6 Å². The molecule has 11 heteroatoms. The maximum atomic E-state index is 12.5. The van der Waals surface area contributed by atoms with Crippen molar-refractivity contribution in [3.05, 3.63) is 39.8 Å². The van der Waals surface area contributed by atoms with Crippen LogP contribution in [0.3, 0.4) is 0 Å². The molecule has 0 N–H and O–H groups in total. The third-order valence-corrected chi connectivity index (χ3v) is 5.00. The van der Waals surface area contributed by atoms with Crippen LogP contribution in [0.15, 0.2) is 22.6 Å². The van der Waals surface area contributed by atoms with E-state index in [0.717, 1.165) is 24.6 Å². The molecular formula is C18H22N6O5. The zero-order chi connectivity index (χ0) is 20.4. The Bertz CT molecular complexity index is 902. The van der Waals surface area contributed by atoms with E-state index in [0.29, 0.717) is 45.3 Å². The van der Waals surface area contributed by atoms with Crippen LogP contribution in [0.5, 0.6) is 0 Å². The van der Waals surface area contributed by atoms with Crippen LogP contribution < -0.4 is 9.80 Å². The lowest BCUT2D eigenvalue weighted by Crippen LogP contribution is -2.49. The lowest BCUT2D eigenvalue weighted by molar-refractivity contribution is -0.402. The number of furan rings is 1. The molecule has 1 amide bonds. The van der Waals surface area contributed by atoms with Crippen molar-refractivity contribution in [3.63, 3.8) is 0 Å². The van der Waals surface area contributed by atoms with Gasteiger partial charge in [0.05, 0.1) is 19.3 Å². The van der Waals surface area contributed by atoms with Gasteiger partial charge in [-0.25, -0.2) is 4.98 Å². The van der Waals surface area contributed by atoms with Crippen LogP contribution in [0.4, 0.5) is 17.7 Å². The lowest BCUT2D eigenvalue weighted by Gasteiger charge is -2.35. The lowest BCUT2D eigenvalue weighted by atomic mass is 10.3. The normalized spacial score (nSPS) is 17.5. The average molecular weight is 402 g/mol. The fourth-order valence-corrected chi connectivity index (χ4v) is 3.44. The largest absolute Gasteiger partial charge is 0.433 e. The van der Waals surface area contributed by atoms with Crippen LogP contribution >= 0.6 is 0 Å². The number of carbonyl (C=O) groups is 1. The number of ether oxygens (including phenoxy) is 1. The Labute approximate surface area is 167 Å². The molecule has 2 aromatic rings. The highest BCUT2D eigenvalue weighted by Gasteiger charge is 2.27. The van der Waals surface area contributed by atoms with E-state index in [4.69, 9.17) is 14.1 Å². The summed E-state index contributed by atoms with van der Waals surface area (Å²) in [6, 6.07) is 4.50. The Balaban J connectivity index is 1.42. The minimum atomic E-state index is -0.657. The van der Waals surface area contributed by atoms with Gasteiger partial charge < -0.3 is 23.9 Å².